The summed E-state index contributed by atoms with van der Waals surface area (Å²) in [5.41, 5.74) is -0.638. The van der Waals surface area contributed by atoms with Crippen molar-refractivity contribution in [2.45, 2.75) is 59.1 Å². The smallest absolute Gasteiger partial charge is 0.407 e. The van der Waals surface area contributed by atoms with Gasteiger partial charge in [-0.1, -0.05) is 50.2 Å². The Bertz CT molecular complexity index is 775. The van der Waals surface area contributed by atoms with E-state index < -0.39 is 47.2 Å². The number of amides is 4. The highest BCUT2D eigenvalue weighted by atomic mass is 16.6. The fraction of sp³-hybridized carbons (Fsp3) is 0.522. The molecule has 1 fully saturated rings. The number of ketones is 1. The zero-order valence-electron chi connectivity index (χ0n) is 19.3. The van der Waals surface area contributed by atoms with Crippen molar-refractivity contribution in [1.82, 2.24) is 16.0 Å². The van der Waals surface area contributed by atoms with Crippen molar-refractivity contribution in [3.63, 3.8) is 0 Å². The van der Waals surface area contributed by atoms with Crippen LogP contribution in [0, 0.1) is 11.8 Å². The van der Waals surface area contributed by atoms with Crippen LogP contribution in [0.2, 0.25) is 0 Å². The average Bonchev–Trinajstić information content (AvgIpc) is 3.04. The molecule has 0 aromatic heterocycles. The number of rotatable bonds is 7. The Hall–Kier alpha value is -3.23. The molecule has 1 aliphatic rings. The first-order valence-corrected chi connectivity index (χ1v) is 10.5. The molecule has 2 rings (SSSR count). The number of nitrogens with one attached hydrogen (secondary N) is 3. The van der Waals surface area contributed by atoms with Crippen LogP contribution in [0.1, 0.15) is 47.5 Å². The maximum atomic E-state index is 12.5. The molecule has 9 nitrogen and oxygen atoms in total. The molecule has 0 aliphatic carbocycles. The summed E-state index contributed by atoms with van der Waals surface area (Å²) >= 11 is 0. The van der Waals surface area contributed by atoms with Crippen molar-refractivity contribution in [1.29, 1.82) is 0 Å². The minimum Gasteiger partial charge on any atom is -0.444 e. The summed E-state index contributed by atoms with van der Waals surface area (Å²) in [5.74, 6) is -3.39. The van der Waals surface area contributed by atoms with Gasteiger partial charge >= 0.3 is 6.09 Å². The summed E-state index contributed by atoms with van der Waals surface area (Å²) in [6.45, 7) is 8.68. The zero-order chi connectivity index (χ0) is 24.3. The van der Waals surface area contributed by atoms with Crippen LogP contribution in [-0.4, -0.2) is 47.8 Å². The second-order valence-corrected chi connectivity index (χ2v) is 8.69. The van der Waals surface area contributed by atoms with Crippen LogP contribution in [0.5, 0.6) is 0 Å². The fourth-order valence-corrected chi connectivity index (χ4v) is 2.79. The van der Waals surface area contributed by atoms with Crippen molar-refractivity contribution in [2.24, 2.45) is 11.8 Å². The quantitative estimate of drug-likeness (QED) is 0.433. The lowest BCUT2D eigenvalue weighted by Gasteiger charge is -2.23. The molecule has 32 heavy (non-hydrogen) atoms. The summed E-state index contributed by atoms with van der Waals surface area (Å²) < 4.78 is 5.05. The van der Waals surface area contributed by atoms with Gasteiger partial charge < -0.3 is 15.4 Å². The molecule has 1 heterocycles. The molecule has 0 saturated carbocycles. The number of alkyl carbamates (subject to hydrolysis) is 1. The minimum absolute atomic E-state index is 0.0438. The van der Waals surface area contributed by atoms with E-state index in [0.29, 0.717) is 0 Å². The van der Waals surface area contributed by atoms with Crippen molar-refractivity contribution < 1.29 is 28.7 Å². The first-order chi connectivity index (χ1) is 14.9. The summed E-state index contributed by atoms with van der Waals surface area (Å²) in [4.78, 5) is 59.0. The van der Waals surface area contributed by atoms with Gasteiger partial charge in [0, 0.05) is 19.4 Å². The number of hydrogen-bond acceptors (Lipinski definition) is 6. The van der Waals surface area contributed by atoms with Crippen LogP contribution < -0.4 is 16.0 Å². The Morgan fingerprint density at radius 3 is 2.00 bits per heavy atom. The van der Waals surface area contributed by atoms with E-state index in [1.54, 1.807) is 34.6 Å². The normalized spacial score (nSPS) is 16.4. The summed E-state index contributed by atoms with van der Waals surface area (Å²) in [6, 6.07) is 11.1. The Morgan fingerprint density at radius 1 is 1.06 bits per heavy atom. The molecule has 9 heteroatoms. The predicted octanol–water partition coefficient (Wildman–Crippen LogP) is 1.96. The summed E-state index contributed by atoms with van der Waals surface area (Å²) in [5, 5.41) is 7.12. The number of ether oxygens (including phenoxy) is 1. The summed E-state index contributed by atoms with van der Waals surface area (Å²) in [7, 11) is 0. The summed E-state index contributed by atoms with van der Waals surface area (Å²) in [6.07, 6.45) is -0.884. The van der Waals surface area contributed by atoms with Gasteiger partial charge in [-0.3, -0.25) is 24.5 Å². The molecular weight excluding hydrogens is 414 g/mol. The number of imide groups is 1. The number of Topliss-reactive ketones (excluding diaryl/α,β-unsaturated/α-hetero) is 1. The molecule has 1 saturated heterocycles. The van der Waals surface area contributed by atoms with Gasteiger partial charge in [0.1, 0.15) is 11.5 Å². The maximum Gasteiger partial charge on any atom is 0.407 e. The van der Waals surface area contributed by atoms with Gasteiger partial charge in [-0.25, -0.2) is 4.79 Å². The molecule has 1 aliphatic heterocycles. The highest BCUT2D eigenvalue weighted by Crippen LogP contribution is 2.17. The molecule has 1 aromatic rings. The van der Waals surface area contributed by atoms with Gasteiger partial charge in [0.05, 0.1) is 6.04 Å². The molecule has 3 N–H and O–H groups in total. The van der Waals surface area contributed by atoms with Crippen LogP contribution in [0.3, 0.4) is 0 Å². The van der Waals surface area contributed by atoms with Crippen LogP contribution in [0.25, 0.3) is 0 Å². The third kappa shape index (κ3) is 10.2. The van der Waals surface area contributed by atoms with Crippen molar-refractivity contribution >= 4 is 29.6 Å². The second-order valence-electron chi connectivity index (χ2n) is 8.69. The number of carbonyl (C=O) groups is 5. The van der Waals surface area contributed by atoms with Crippen molar-refractivity contribution in [3.8, 4) is 0 Å². The molecule has 1 unspecified atom stereocenters. The Labute approximate surface area is 188 Å². The van der Waals surface area contributed by atoms with E-state index in [4.69, 9.17) is 4.74 Å². The van der Waals surface area contributed by atoms with Crippen LogP contribution >= 0.6 is 0 Å². The van der Waals surface area contributed by atoms with E-state index in [2.05, 4.69) is 16.0 Å². The molecule has 0 radical (unpaired) electrons. The first-order valence-electron chi connectivity index (χ1n) is 10.5. The fourth-order valence-electron chi connectivity index (χ4n) is 2.79. The highest BCUT2D eigenvalue weighted by molar-refractivity contribution is 6.15. The van der Waals surface area contributed by atoms with E-state index in [9.17, 15) is 24.0 Å². The van der Waals surface area contributed by atoms with E-state index in [-0.39, 0.29) is 25.3 Å². The first kappa shape index (κ1) is 26.8. The molecule has 4 amide bonds. The standard InChI is InChI=1S/C17H27N3O6.C6H6/c1-9(2)13(14(23)10-8-12(22)20-15(10)24)19-11(21)6-7-18-16(25)26-17(3,4)5;1-2-4-6-5-3-1/h9-10,13H,6-8H2,1-5H3,(H,18,25)(H,19,21)(H,20,22,24);1-6H/t10-,13?;/m1./s1. The Balaban J connectivity index is 0.000000730. The van der Waals surface area contributed by atoms with Crippen LogP contribution in [0.4, 0.5) is 4.79 Å². The zero-order valence-corrected chi connectivity index (χ0v) is 19.3. The lowest BCUT2D eigenvalue weighted by atomic mass is 9.90. The van der Waals surface area contributed by atoms with Gasteiger partial charge in [-0.2, -0.15) is 0 Å². The van der Waals surface area contributed by atoms with E-state index >= 15 is 0 Å². The number of benzene rings is 1. The largest absolute Gasteiger partial charge is 0.444 e. The van der Waals surface area contributed by atoms with Gasteiger partial charge in [-0.15, -0.1) is 0 Å². The Kier molecular flexibility index (Phi) is 10.5. The molecular formula is C23H33N3O6. The Morgan fingerprint density at radius 2 is 1.59 bits per heavy atom. The lowest BCUT2D eigenvalue weighted by Crippen LogP contribution is -2.48. The molecule has 0 bridgehead atoms. The van der Waals surface area contributed by atoms with Crippen molar-refractivity contribution in [2.75, 3.05) is 6.54 Å². The monoisotopic (exact) mass is 447 g/mol. The maximum absolute atomic E-state index is 12.5. The van der Waals surface area contributed by atoms with Crippen LogP contribution in [-0.2, 0) is 23.9 Å². The third-order valence-electron chi connectivity index (χ3n) is 4.29. The topological polar surface area (TPSA) is 131 Å². The molecule has 176 valence electrons. The molecule has 1 aromatic carbocycles. The van der Waals surface area contributed by atoms with Gasteiger partial charge in [0.2, 0.25) is 17.7 Å². The number of carbonyl (C=O) groups excluding carboxylic acids is 5. The predicted molar refractivity (Wildman–Crippen MR) is 118 cm³/mol. The lowest BCUT2D eigenvalue weighted by molar-refractivity contribution is -0.136. The van der Waals surface area contributed by atoms with E-state index in [1.807, 2.05) is 36.4 Å². The second kappa shape index (κ2) is 12.6. The van der Waals surface area contributed by atoms with E-state index in [1.165, 1.54) is 0 Å². The van der Waals surface area contributed by atoms with E-state index in [0.717, 1.165) is 0 Å². The van der Waals surface area contributed by atoms with Gasteiger partial charge in [0.15, 0.2) is 5.78 Å². The molecule has 2 atom stereocenters. The number of hydrogen-bond donors (Lipinski definition) is 3. The third-order valence-corrected chi connectivity index (χ3v) is 4.29. The minimum atomic E-state index is -1.07. The van der Waals surface area contributed by atoms with Crippen LogP contribution in [0.15, 0.2) is 36.4 Å². The SMILES string of the molecule is CC(C)C(NC(=O)CCNC(=O)OC(C)(C)C)C(=O)[C@H]1CC(=O)NC1=O.c1ccccc1. The van der Waals surface area contributed by atoms with Gasteiger partial charge in [-0.05, 0) is 26.7 Å². The van der Waals surface area contributed by atoms with Crippen molar-refractivity contribution in [3.05, 3.63) is 36.4 Å². The van der Waals surface area contributed by atoms with Gasteiger partial charge in [0.25, 0.3) is 0 Å². The molecule has 0 spiro atoms. The highest BCUT2D eigenvalue weighted by Gasteiger charge is 2.40. The average molecular weight is 448 g/mol.